The van der Waals surface area contributed by atoms with E-state index in [1.54, 1.807) is 42.2 Å². The van der Waals surface area contributed by atoms with E-state index >= 15 is 0 Å². The molecule has 2 aliphatic rings. The summed E-state index contributed by atoms with van der Waals surface area (Å²) in [6.45, 7) is 2.16. The van der Waals surface area contributed by atoms with E-state index in [1.807, 2.05) is 6.07 Å². The van der Waals surface area contributed by atoms with Crippen molar-refractivity contribution in [2.75, 3.05) is 4.90 Å². The second-order valence-electron chi connectivity index (χ2n) is 10.1. The molecular formula is C27H27F3N6O. The lowest BCUT2D eigenvalue weighted by molar-refractivity contribution is -0.138. The number of nitrogens with zero attached hydrogens (tertiary/aromatic N) is 5. The van der Waals surface area contributed by atoms with Crippen molar-refractivity contribution in [3.05, 3.63) is 76.4 Å². The molecule has 1 amide bonds. The molecule has 1 unspecified atom stereocenters. The minimum absolute atomic E-state index is 0.0108. The fourth-order valence-corrected chi connectivity index (χ4v) is 5.20. The maximum atomic E-state index is 14.1. The number of aryl methyl sites for hydroxylation is 1. The maximum absolute atomic E-state index is 14.1. The monoisotopic (exact) mass is 508 g/mol. The van der Waals surface area contributed by atoms with Gasteiger partial charge in [-0.1, -0.05) is 12.1 Å². The van der Waals surface area contributed by atoms with E-state index in [1.165, 1.54) is 4.90 Å². The predicted octanol–water partition coefficient (Wildman–Crippen LogP) is 5.07. The number of hydrogen-bond acceptors (Lipinski definition) is 5. The molecule has 1 aliphatic heterocycles. The summed E-state index contributed by atoms with van der Waals surface area (Å²) in [6, 6.07) is 11.9. The highest BCUT2D eigenvalue weighted by molar-refractivity contribution is 6.10. The van der Waals surface area contributed by atoms with Gasteiger partial charge >= 0.3 is 6.18 Å². The summed E-state index contributed by atoms with van der Waals surface area (Å²) in [7, 11) is 1.78. The molecule has 1 saturated carbocycles. The summed E-state index contributed by atoms with van der Waals surface area (Å²) in [4.78, 5) is 14.8. The summed E-state index contributed by atoms with van der Waals surface area (Å²) in [5.74, 6) is -0.273. The van der Waals surface area contributed by atoms with Gasteiger partial charge in [-0.2, -0.15) is 18.4 Å². The predicted molar refractivity (Wildman–Crippen MR) is 131 cm³/mol. The van der Waals surface area contributed by atoms with Crippen LogP contribution >= 0.6 is 0 Å². The number of halogens is 3. The quantitative estimate of drug-likeness (QED) is 0.482. The number of alkyl halides is 3. The van der Waals surface area contributed by atoms with Crippen LogP contribution in [-0.4, -0.2) is 26.2 Å². The first-order valence-electron chi connectivity index (χ1n) is 12.2. The van der Waals surface area contributed by atoms with Crippen LogP contribution in [0.3, 0.4) is 0 Å². The molecule has 37 heavy (non-hydrogen) atoms. The van der Waals surface area contributed by atoms with Crippen molar-refractivity contribution in [1.29, 1.82) is 5.26 Å². The van der Waals surface area contributed by atoms with E-state index in [0.29, 0.717) is 17.1 Å². The molecule has 1 fully saturated rings. The molecule has 2 heterocycles. The molecule has 1 N–H and O–H groups in total. The van der Waals surface area contributed by atoms with E-state index < -0.39 is 23.6 Å². The molecule has 192 valence electrons. The third-order valence-corrected chi connectivity index (χ3v) is 7.52. The molecule has 5 rings (SSSR count). The Balaban J connectivity index is 1.48. The zero-order valence-electron chi connectivity index (χ0n) is 20.6. The minimum atomic E-state index is -4.58. The van der Waals surface area contributed by atoms with Crippen molar-refractivity contribution < 1.29 is 18.0 Å². The first-order chi connectivity index (χ1) is 17.6. The maximum Gasteiger partial charge on any atom is 0.416 e. The molecule has 1 aromatic heterocycles. The average Bonchev–Trinajstić information content (AvgIpc) is 3.42. The van der Waals surface area contributed by atoms with Gasteiger partial charge in [-0.3, -0.25) is 4.79 Å². The van der Waals surface area contributed by atoms with Gasteiger partial charge in [0.05, 0.1) is 24.1 Å². The lowest BCUT2D eigenvalue weighted by Crippen LogP contribution is -2.47. The van der Waals surface area contributed by atoms with Crippen molar-refractivity contribution in [3.8, 4) is 6.07 Å². The Morgan fingerprint density at radius 1 is 1.24 bits per heavy atom. The lowest BCUT2D eigenvalue weighted by atomic mass is 9.78. The van der Waals surface area contributed by atoms with E-state index in [2.05, 4.69) is 28.5 Å². The average molecular weight is 509 g/mol. The highest BCUT2D eigenvalue weighted by Crippen LogP contribution is 2.40. The summed E-state index contributed by atoms with van der Waals surface area (Å²) < 4.78 is 44.0. The molecule has 1 atom stereocenters. The largest absolute Gasteiger partial charge is 0.416 e. The molecule has 0 radical (unpaired) electrons. The van der Waals surface area contributed by atoms with E-state index in [0.717, 1.165) is 30.9 Å². The Morgan fingerprint density at radius 3 is 2.65 bits per heavy atom. The van der Waals surface area contributed by atoms with Crippen molar-refractivity contribution in [2.24, 2.45) is 7.05 Å². The molecule has 3 aromatic rings. The van der Waals surface area contributed by atoms with Gasteiger partial charge < -0.3 is 14.8 Å². The number of carbonyl (C=O) groups excluding carboxylic acids is 1. The molecule has 2 aromatic carbocycles. The lowest BCUT2D eigenvalue weighted by Gasteiger charge is -2.39. The number of nitrogens with one attached hydrogen (secondary N) is 1. The number of aromatic nitrogens is 3. The van der Waals surface area contributed by atoms with Gasteiger partial charge in [-0.15, -0.1) is 10.2 Å². The fourth-order valence-electron chi connectivity index (χ4n) is 5.20. The van der Waals surface area contributed by atoms with Crippen LogP contribution in [0.1, 0.15) is 77.0 Å². The topological polar surface area (TPSA) is 86.8 Å². The zero-order valence-corrected chi connectivity index (χ0v) is 20.6. The fraction of sp³-hybridized carbons (Fsp3) is 0.407. The van der Waals surface area contributed by atoms with Crippen LogP contribution in [-0.2, 0) is 26.3 Å². The van der Waals surface area contributed by atoms with Crippen LogP contribution in [0.15, 0.2) is 42.7 Å². The van der Waals surface area contributed by atoms with Crippen LogP contribution in [0, 0.1) is 11.3 Å². The number of nitriles is 1. The third kappa shape index (κ3) is 4.71. The van der Waals surface area contributed by atoms with Crippen LogP contribution in [0.2, 0.25) is 0 Å². The third-order valence-electron chi connectivity index (χ3n) is 7.52. The highest BCUT2D eigenvalue weighted by Gasteiger charge is 2.41. The normalized spacial score (nSPS) is 17.3. The molecule has 1 aliphatic carbocycles. The number of fused-ring (bicyclic) bond motifs is 1. The Bertz CT molecular complexity index is 1390. The summed E-state index contributed by atoms with van der Waals surface area (Å²) in [5.41, 5.74) is 0.873. The van der Waals surface area contributed by atoms with Crippen molar-refractivity contribution in [3.63, 3.8) is 0 Å². The van der Waals surface area contributed by atoms with Gasteiger partial charge in [0.1, 0.15) is 12.2 Å². The van der Waals surface area contributed by atoms with E-state index in [9.17, 15) is 23.2 Å². The Hall–Kier alpha value is -3.71. The first-order valence-corrected chi connectivity index (χ1v) is 12.2. The Kier molecular flexibility index (Phi) is 6.28. The number of carbonyl (C=O) groups is 1. The SMILES string of the molecule is Cn1cnnc1C(CC#N)c1cccc(N2Cc3c(cc(CNC4(C)CCC4)cc3C(F)(F)F)C2=O)c1. The highest BCUT2D eigenvalue weighted by atomic mass is 19.4. The van der Waals surface area contributed by atoms with E-state index in [4.69, 9.17) is 0 Å². The van der Waals surface area contributed by atoms with Crippen molar-refractivity contribution in [2.45, 2.75) is 63.3 Å². The summed E-state index contributed by atoms with van der Waals surface area (Å²) in [5, 5.41) is 20.8. The number of amides is 1. The van der Waals surface area contributed by atoms with Crippen LogP contribution in [0.5, 0.6) is 0 Å². The molecule has 0 bridgehead atoms. The van der Waals surface area contributed by atoms with Gasteiger partial charge in [0, 0.05) is 36.8 Å². The van der Waals surface area contributed by atoms with Gasteiger partial charge in [-0.25, -0.2) is 0 Å². The first kappa shape index (κ1) is 25.0. The zero-order chi connectivity index (χ0) is 26.4. The Morgan fingerprint density at radius 2 is 2.03 bits per heavy atom. The second-order valence-corrected chi connectivity index (χ2v) is 10.1. The van der Waals surface area contributed by atoms with Gasteiger partial charge in [0.2, 0.25) is 0 Å². The number of hydrogen-bond donors (Lipinski definition) is 1. The standard InChI is InChI=1S/C27H27F3N6O/c1-26(8-4-9-26)32-14-17-11-21-22(23(12-17)27(28,29)30)15-36(25(21)37)19-6-3-5-18(13-19)20(7-10-31)24-34-33-16-35(24)2/h3,5-6,11-13,16,20,32H,4,7-9,14-15H2,1-2H3. The van der Waals surface area contributed by atoms with Gasteiger partial charge in [-0.05, 0) is 67.1 Å². The summed E-state index contributed by atoms with van der Waals surface area (Å²) >= 11 is 0. The minimum Gasteiger partial charge on any atom is -0.320 e. The van der Waals surface area contributed by atoms with Crippen LogP contribution in [0.25, 0.3) is 0 Å². The molecule has 0 saturated heterocycles. The molecule has 10 heteroatoms. The van der Waals surface area contributed by atoms with Crippen molar-refractivity contribution >= 4 is 11.6 Å². The number of rotatable bonds is 7. The number of benzene rings is 2. The molecular weight excluding hydrogens is 481 g/mol. The smallest absolute Gasteiger partial charge is 0.320 e. The second kappa shape index (κ2) is 9.30. The van der Waals surface area contributed by atoms with Crippen LogP contribution < -0.4 is 10.2 Å². The Labute approximate surface area is 212 Å². The van der Waals surface area contributed by atoms with Gasteiger partial charge in [0.15, 0.2) is 0 Å². The summed E-state index contributed by atoms with van der Waals surface area (Å²) in [6.07, 6.45) is 0.155. The van der Waals surface area contributed by atoms with Crippen LogP contribution in [0.4, 0.5) is 18.9 Å². The van der Waals surface area contributed by atoms with E-state index in [-0.39, 0.29) is 36.2 Å². The molecule has 7 nitrogen and oxygen atoms in total. The van der Waals surface area contributed by atoms with Crippen molar-refractivity contribution in [1.82, 2.24) is 20.1 Å². The van der Waals surface area contributed by atoms with Gasteiger partial charge in [0.25, 0.3) is 5.91 Å². The number of anilines is 1. The molecule has 0 spiro atoms.